The maximum atomic E-state index is 12.5. The summed E-state index contributed by atoms with van der Waals surface area (Å²) in [5.41, 5.74) is 0.838. The molecule has 2 rings (SSSR count). The van der Waals surface area contributed by atoms with Crippen LogP contribution in [0.5, 0.6) is 0 Å². The molecule has 26 heavy (non-hydrogen) atoms. The van der Waals surface area contributed by atoms with Crippen LogP contribution in [0.2, 0.25) is 0 Å². The van der Waals surface area contributed by atoms with E-state index in [0.29, 0.717) is 6.04 Å². The molecular formula is C21H33N3O2. The molecule has 0 spiro atoms. The van der Waals surface area contributed by atoms with Crippen LogP contribution < -0.4 is 5.32 Å². The van der Waals surface area contributed by atoms with Gasteiger partial charge in [-0.25, -0.2) is 0 Å². The summed E-state index contributed by atoms with van der Waals surface area (Å²) in [7, 11) is 0. The molecule has 1 heterocycles. The minimum absolute atomic E-state index is 0.0167. The maximum absolute atomic E-state index is 12.5. The Hall–Kier alpha value is -1.88. The van der Waals surface area contributed by atoms with E-state index in [2.05, 4.69) is 41.4 Å². The highest BCUT2D eigenvalue weighted by atomic mass is 16.2. The average Bonchev–Trinajstić information content (AvgIpc) is 2.61. The van der Waals surface area contributed by atoms with Crippen LogP contribution in [0, 0.1) is 5.41 Å². The minimum Gasteiger partial charge on any atom is -0.347 e. The lowest BCUT2D eigenvalue weighted by atomic mass is 9.96. The lowest BCUT2D eigenvalue weighted by Gasteiger charge is -2.41. The average molecular weight is 360 g/mol. The monoisotopic (exact) mass is 359 g/mol. The Morgan fingerprint density at radius 2 is 1.85 bits per heavy atom. The summed E-state index contributed by atoms with van der Waals surface area (Å²) in [5.74, 6) is -0.0678. The van der Waals surface area contributed by atoms with Gasteiger partial charge in [0.1, 0.15) is 0 Å². The van der Waals surface area contributed by atoms with Gasteiger partial charge in [-0.05, 0) is 12.0 Å². The standard InChI is InChI=1S/C21H33N3O2/c1-5-9-18-16-24(19(25)14-22-20(26)21(2,3)4)13-12-23(18)15-17-10-7-6-8-11-17/h6-8,10-11,18H,5,9,12-16H2,1-4H3,(H,22,26). The van der Waals surface area contributed by atoms with E-state index in [4.69, 9.17) is 0 Å². The molecule has 1 aliphatic rings. The first-order chi connectivity index (χ1) is 12.3. The molecule has 1 atom stereocenters. The molecule has 5 heteroatoms. The van der Waals surface area contributed by atoms with Gasteiger partial charge in [0.05, 0.1) is 6.54 Å². The van der Waals surface area contributed by atoms with E-state index in [9.17, 15) is 9.59 Å². The van der Waals surface area contributed by atoms with E-state index in [1.54, 1.807) is 0 Å². The maximum Gasteiger partial charge on any atom is 0.242 e. The molecule has 5 nitrogen and oxygen atoms in total. The number of piperazine rings is 1. The Balaban J connectivity index is 1.91. The number of nitrogens with one attached hydrogen (secondary N) is 1. The Labute approximate surface area is 157 Å². The summed E-state index contributed by atoms with van der Waals surface area (Å²) in [6, 6.07) is 10.9. The molecule has 0 aromatic heterocycles. The SMILES string of the molecule is CCCC1CN(C(=O)CNC(=O)C(C)(C)C)CCN1Cc1ccccc1. The number of hydrogen-bond donors (Lipinski definition) is 1. The number of rotatable bonds is 6. The first kappa shape index (κ1) is 20.4. The molecule has 1 aromatic rings. The molecule has 0 saturated carbocycles. The second-order valence-corrected chi connectivity index (χ2v) is 8.17. The van der Waals surface area contributed by atoms with Gasteiger partial charge in [0.2, 0.25) is 11.8 Å². The highest BCUT2D eigenvalue weighted by Crippen LogP contribution is 2.18. The van der Waals surface area contributed by atoms with Crippen molar-refractivity contribution >= 4 is 11.8 Å². The van der Waals surface area contributed by atoms with Crippen LogP contribution in [0.1, 0.15) is 46.1 Å². The van der Waals surface area contributed by atoms with Crippen molar-refractivity contribution in [3.8, 4) is 0 Å². The van der Waals surface area contributed by atoms with Crippen LogP contribution in [-0.4, -0.2) is 53.8 Å². The zero-order valence-corrected chi connectivity index (χ0v) is 16.6. The van der Waals surface area contributed by atoms with Crippen molar-refractivity contribution in [1.29, 1.82) is 0 Å². The van der Waals surface area contributed by atoms with E-state index in [1.165, 1.54) is 5.56 Å². The van der Waals surface area contributed by atoms with Gasteiger partial charge in [-0.1, -0.05) is 64.4 Å². The molecule has 1 aliphatic heterocycles. The van der Waals surface area contributed by atoms with Gasteiger partial charge >= 0.3 is 0 Å². The number of carbonyl (C=O) groups excluding carboxylic acids is 2. The Kier molecular flexibility index (Phi) is 7.21. The minimum atomic E-state index is -0.473. The van der Waals surface area contributed by atoms with Crippen molar-refractivity contribution < 1.29 is 9.59 Å². The summed E-state index contributed by atoms with van der Waals surface area (Å²) in [6.45, 7) is 11.1. The van der Waals surface area contributed by atoms with Crippen molar-refractivity contribution in [3.05, 3.63) is 35.9 Å². The van der Waals surface area contributed by atoms with E-state index in [0.717, 1.165) is 39.0 Å². The van der Waals surface area contributed by atoms with Gasteiger partial charge in [0.15, 0.2) is 0 Å². The third-order valence-corrected chi connectivity index (χ3v) is 4.89. The first-order valence-electron chi connectivity index (χ1n) is 9.65. The highest BCUT2D eigenvalue weighted by molar-refractivity contribution is 5.87. The Morgan fingerprint density at radius 3 is 2.46 bits per heavy atom. The van der Waals surface area contributed by atoms with Gasteiger partial charge in [-0.2, -0.15) is 0 Å². The van der Waals surface area contributed by atoms with Crippen molar-refractivity contribution in [3.63, 3.8) is 0 Å². The molecule has 144 valence electrons. The quantitative estimate of drug-likeness (QED) is 0.850. The van der Waals surface area contributed by atoms with Crippen molar-refractivity contribution in [2.45, 2.75) is 53.1 Å². The summed E-state index contributed by atoms with van der Waals surface area (Å²) in [4.78, 5) is 28.9. The van der Waals surface area contributed by atoms with Crippen LogP contribution in [-0.2, 0) is 16.1 Å². The Morgan fingerprint density at radius 1 is 1.15 bits per heavy atom. The van der Waals surface area contributed by atoms with Crippen molar-refractivity contribution in [1.82, 2.24) is 15.1 Å². The molecule has 1 fully saturated rings. The van der Waals surface area contributed by atoms with E-state index >= 15 is 0 Å². The molecule has 1 saturated heterocycles. The second kappa shape index (κ2) is 9.17. The summed E-state index contributed by atoms with van der Waals surface area (Å²) in [5, 5.41) is 2.77. The number of nitrogens with zero attached hydrogens (tertiary/aromatic N) is 2. The van der Waals surface area contributed by atoms with E-state index in [-0.39, 0.29) is 18.4 Å². The summed E-state index contributed by atoms with van der Waals surface area (Å²) in [6.07, 6.45) is 2.17. The second-order valence-electron chi connectivity index (χ2n) is 8.17. The van der Waals surface area contributed by atoms with E-state index < -0.39 is 5.41 Å². The van der Waals surface area contributed by atoms with E-state index in [1.807, 2.05) is 31.7 Å². The fourth-order valence-corrected chi connectivity index (χ4v) is 3.29. The highest BCUT2D eigenvalue weighted by Gasteiger charge is 2.29. The summed E-state index contributed by atoms with van der Waals surface area (Å²) >= 11 is 0. The molecule has 1 unspecified atom stereocenters. The number of amides is 2. The molecule has 0 radical (unpaired) electrons. The van der Waals surface area contributed by atoms with Gasteiger partial charge in [-0.15, -0.1) is 0 Å². The predicted octanol–water partition coefficient (Wildman–Crippen LogP) is 2.66. The van der Waals surface area contributed by atoms with Crippen LogP contribution in [0.15, 0.2) is 30.3 Å². The normalized spacial score (nSPS) is 18.6. The molecule has 0 aliphatic carbocycles. The zero-order valence-electron chi connectivity index (χ0n) is 16.6. The van der Waals surface area contributed by atoms with Crippen LogP contribution in [0.3, 0.4) is 0 Å². The van der Waals surface area contributed by atoms with Gasteiger partial charge in [0.25, 0.3) is 0 Å². The number of hydrogen-bond acceptors (Lipinski definition) is 3. The molecule has 2 amide bonds. The lowest BCUT2D eigenvalue weighted by Crippen LogP contribution is -2.56. The largest absolute Gasteiger partial charge is 0.347 e. The molecule has 1 N–H and O–H groups in total. The zero-order chi connectivity index (χ0) is 19.2. The van der Waals surface area contributed by atoms with Crippen LogP contribution in [0.25, 0.3) is 0 Å². The fourth-order valence-electron chi connectivity index (χ4n) is 3.29. The molecule has 1 aromatic carbocycles. The van der Waals surface area contributed by atoms with Crippen molar-refractivity contribution in [2.24, 2.45) is 5.41 Å². The third-order valence-electron chi connectivity index (χ3n) is 4.89. The van der Waals surface area contributed by atoms with Crippen LogP contribution >= 0.6 is 0 Å². The fraction of sp³-hybridized carbons (Fsp3) is 0.619. The predicted molar refractivity (Wildman–Crippen MR) is 105 cm³/mol. The molecule has 0 bridgehead atoms. The van der Waals surface area contributed by atoms with Gasteiger partial charge < -0.3 is 10.2 Å². The van der Waals surface area contributed by atoms with Crippen LogP contribution in [0.4, 0.5) is 0 Å². The topological polar surface area (TPSA) is 52.7 Å². The smallest absolute Gasteiger partial charge is 0.242 e. The van der Waals surface area contributed by atoms with Gasteiger partial charge in [0, 0.05) is 37.6 Å². The van der Waals surface area contributed by atoms with Crippen molar-refractivity contribution in [2.75, 3.05) is 26.2 Å². The number of carbonyl (C=O) groups is 2. The lowest BCUT2D eigenvalue weighted by molar-refractivity contribution is -0.137. The molecular weight excluding hydrogens is 326 g/mol. The first-order valence-corrected chi connectivity index (χ1v) is 9.65. The Bertz CT molecular complexity index is 595. The third kappa shape index (κ3) is 5.84. The number of benzene rings is 1. The van der Waals surface area contributed by atoms with Gasteiger partial charge in [-0.3, -0.25) is 14.5 Å². The summed E-state index contributed by atoms with van der Waals surface area (Å²) < 4.78 is 0.